The van der Waals surface area contributed by atoms with Gasteiger partial charge in [-0.25, -0.2) is 16.8 Å². The summed E-state index contributed by atoms with van der Waals surface area (Å²) in [6, 6.07) is 32.1. The molecule has 1 aliphatic rings. The van der Waals surface area contributed by atoms with Crippen LogP contribution < -0.4 is 18.9 Å². The number of hydrogen-bond acceptors (Lipinski definition) is 12. The lowest BCUT2D eigenvalue weighted by atomic mass is 10.2. The van der Waals surface area contributed by atoms with Gasteiger partial charge in [0.2, 0.25) is 0 Å². The number of ether oxygens (including phenoxy) is 5. The van der Waals surface area contributed by atoms with E-state index < -0.39 is 26.2 Å². The molecule has 2 atom stereocenters. The van der Waals surface area contributed by atoms with Crippen molar-refractivity contribution in [3.05, 3.63) is 144 Å². The van der Waals surface area contributed by atoms with Crippen molar-refractivity contribution in [1.29, 1.82) is 0 Å². The maximum atomic E-state index is 13.4. The highest BCUT2D eigenvalue weighted by molar-refractivity contribution is 7.89. The topological polar surface area (TPSA) is 191 Å². The van der Waals surface area contributed by atoms with Crippen LogP contribution >= 0.6 is 0 Å². The van der Waals surface area contributed by atoms with Crippen LogP contribution in [0, 0.1) is 0 Å². The van der Waals surface area contributed by atoms with Gasteiger partial charge in [0.15, 0.2) is 10.1 Å². The minimum atomic E-state index is -3.89. The summed E-state index contributed by atoms with van der Waals surface area (Å²) in [5.41, 5.74) is 3.35. The van der Waals surface area contributed by atoms with Crippen LogP contribution in [-0.4, -0.2) is 97.8 Å². The Balaban J connectivity index is 0.000000216. The summed E-state index contributed by atoms with van der Waals surface area (Å²) >= 11 is 0. The fourth-order valence-corrected chi connectivity index (χ4v) is 8.46. The molecule has 0 bridgehead atoms. The minimum Gasteiger partial charge on any atom is -0.497 e. The second-order valence-corrected chi connectivity index (χ2v) is 18.0. The first kappa shape index (κ1) is 47.3. The molecule has 1 saturated heterocycles. The standard InChI is InChI=1S/C22H27N3O5S.C19H21N3O4S.C3H6O/c1-17(26)14-24-13-12-22(23-24)31(27,28)25(15-18-4-8-20(29-2)9-5-18)16-19-6-10-21(30-3)11-7-19;1-25-17-7-3-15(4-8-17)13-22(27(23,24)19-11-12-20-21-19)14-16-5-9-18(26-2)10-6-16;1-3-2-4-3/h4-13,17,26H,14-16H2,1-3H3;3-12H,13-14H2,1-2H3,(H,20,21);3H,2H2,1H3/t17-;;3-/m1.1/s1. The summed E-state index contributed by atoms with van der Waals surface area (Å²) in [5, 5.41) is 20.0. The van der Waals surface area contributed by atoms with Gasteiger partial charge in [0.05, 0.1) is 60.0 Å². The van der Waals surface area contributed by atoms with Crippen LogP contribution in [0.4, 0.5) is 0 Å². The summed E-state index contributed by atoms with van der Waals surface area (Å²) < 4.78 is 82.6. The van der Waals surface area contributed by atoms with Crippen molar-refractivity contribution in [2.45, 2.75) is 68.8 Å². The highest BCUT2D eigenvalue weighted by atomic mass is 32.2. The van der Waals surface area contributed by atoms with Gasteiger partial charge in [-0.2, -0.15) is 18.8 Å². The molecule has 0 spiro atoms. The van der Waals surface area contributed by atoms with Crippen LogP contribution in [0.5, 0.6) is 23.0 Å². The first-order valence-corrected chi connectivity index (χ1v) is 22.5. The van der Waals surface area contributed by atoms with E-state index in [4.69, 9.17) is 23.7 Å². The third-order valence-corrected chi connectivity index (χ3v) is 12.7. The number of nitrogens with zero attached hydrogens (tertiary/aromatic N) is 5. The number of hydrogen-bond donors (Lipinski definition) is 2. The van der Waals surface area contributed by atoms with Crippen LogP contribution in [0.2, 0.25) is 0 Å². The van der Waals surface area contributed by atoms with Crippen LogP contribution in [-0.2, 0) is 57.5 Å². The third-order valence-electron chi connectivity index (χ3n) is 9.34. The third kappa shape index (κ3) is 13.9. The zero-order chi connectivity index (χ0) is 44.7. The van der Waals surface area contributed by atoms with Gasteiger partial charge in [0.1, 0.15) is 23.0 Å². The van der Waals surface area contributed by atoms with Gasteiger partial charge in [-0.15, -0.1) is 0 Å². The van der Waals surface area contributed by atoms with Gasteiger partial charge in [-0.3, -0.25) is 9.78 Å². The molecule has 1 aliphatic heterocycles. The van der Waals surface area contributed by atoms with Crippen LogP contribution in [0.1, 0.15) is 36.1 Å². The quantitative estimate of drug-likeness (QED) is 0.0975. The zero-order valence-electron chi connectivity index (χ0n) is 35.6. The van der Waals surface area contributed by atoms with E-state index in [0.717, 1.165) is 40.4 Å². The number of aliphatic hydroxyl groups is 1. The average Bonchev–Trinajstić information content (AvgIpc) is 3.64. The van der Waals surface area contributed by atoms with E-state index in [9.17, 15) is 21.9 Å². The Labute approximate surface area is 363 Å². The van der Waals surface area contributed by atoms with Crippen LogP contribution in [0.15, 0.2) is 132 Å². The van der Waals surface area contributed by atoms with E-state index >= 15 is 0 Å². The van der Waals surface area contributed by atoms with Crippen molar-refractivity contribution < 1.29 is 45.6 Å². The van der Waals surface area contributed by atoms with E-state index in [1.807, 2.05) is 72.8 Å². The molecule has 18 heteroatoms. The molecule has 7 rings (SSSR count). The number of epoxide rings is 1. The van der Waals surface area contributed by atoms with Gasteiger partial charge in [0, 0.05) is 32.4 Å². The molecule has 0 amide bonds. The summed E-state index contributed by atoms with van der Waals surface area (Å²) in [4.78, 5) is 0. The SMILES string of the molecule is COc1ccc(CN(Cc2ccc(OC)cc2)S(=O)(=O)c2ccn(C[C@@H](C)O)n2)cc1.COc1ccc(CN(Cc2ccc(OC)cc2)S(=O)(=O)c2ccn[nH]2)cc1.C[C@@H]1CO1. The fourth-order valence-electron chi connectivity index (χ4n) is 5.80. The number of H-pyrrole nitrogens is 1. The molecule has 2 N–H and O–H groups in total. The van der Waals surface area contributed by atoms with Crippen molar-refractivity contribution in [2.24, 2.45) is 0 Å². The van der Waals surface area contributed by atoms with E-state index in [2.05, 4.69) is 22.2 Å². The molecule has 3 heterocycles. The lowest BCUT2D eigenvalue weighted by Crippen LogP contribution is -2.30. The second-order valence-electron chi connectivity index (χ2n) is 14.2. The Morgan fingerprint density at radius 2 is 1.02 bits per heavy atom. The summed E-state index contributed by atoms with van der Waals surface area (Å²) in [6.07, 6.45) is 2.93. The van der Waals surface area contributed by atoms with E-state index in [0.29, 0.717) is 17.6 Å². The Bertz CT molecular complexity index is 2360. The van der Waals surface area contributed by atoms with Crippen molar-refractivity contribution >= 4 is 20.0 Å². The number of methoxy groups -OCH3 is 4. The monoisotopic (exact) mass is 890 g/mol. The average molecular weight is 891 g/mol. The molecule has 0 unspecified atom stereocenters. The molecular formula is C44H54N6O10S2. The molecule has 332 valence electrons. The van der Waals surface area contributed by atoms with Crippen molar-refractivity contribution in [3.8, 4) is 23.0 Å². The highest BCUT2D eigenvalue weighted by Gasteiger charge is 2.28. The molecule has 16 nitrogen and oxygen atoms in total. The Kier molecular flexibility index (Phi) is 17.1. The Morgan fingerprint density at radius 1 is 0.661 bits per heavy atom. The van der Waals surface area contributed by atoms with Crippen LogP contribution in [0.25, 0.3) is 0 Å². The van der Waals surface area contributed by atoms with Crippen LogP contribution in [0.3, 0.4) is 0 Å². The Hall–Kier alpha value is -5.76. The normalized spacial score (nSPS) is 13.9. The largest absolute Gasteiger partial charge is 0.497 e. The summed E-state index contributed by atoms with van der Waals surface area (Å²) in [5.74, 6) is 2.84. The summed E-state index contributed by atoms with van der Waals surface area (Å²) in [7, 11) is -1.27. The smallest absolute Gasteiger partial charge is 0.262 e. The highest BCUT2D eigenvalue weighted by Crippen LogP contribution is 2.24. The lowest BCUT2D eigenvalue weighted by Gasteiger charge is -2.22. The predicted octanol–water partition coefficient (Wildman–Crippen LogP) is 5.90. The van der Waals surface area contributed by atoms with Crippen molar-refractivity contribution in [2.75, 3.05) is 35.0 Å². The molecule has 0 saturated carbocycles. The number of aliphatic hydroxyl groups excluding tert-OH is 1. The van der Waals surface area contributed by atoms with Gasteiger partial charge >= 0.3 is 0 Å². The Morgan fingerprint density at radius 3 is 1.31 bits per heavy atom. The fraction of sp³-hybridized carbons (Fsp3) is 0.318. The van der Waals surface area contributed by atoms with Gasteiger partial charge in [0.25, 0.3) is 20.0 Å². The molecule has 62 heavy (non-hydrogen) atoms. The van der Waals surface area contributed by atoms with Gasteiger partial charge in [-0.05, 0) is 96.8 Å². The lowest BCUT2D eigenvalue weighted by molar-refractivity contribution is 0.168. The van der Waals surface area contributed by atoms with Gasteiger partial charge < -0.3 is 28.8 Å². The number of sulfonamides is 2. The molecule has 6 aromatic rings. The van der Waals surface area contributed by atoms with E-state index in [1.165, 1.54) is 31.6 Å². The maximum Gasteiger partial charge on any atom is 0.262 e. The molecule has 1 fully saturated rings. The number of rotatable bonds is 18. The molecule has 4 aromatic carbocycles. The first-order valence-electron chi connectivity index (χ1n) is 19.6. The number of aromatic amines is 1. The number of nitrogens with one attached hydrogen (secondary N) is 1. The second kappa shape index (κ2) is 22.4. The van der Waals surface area contributed by atoms with Crippen molar-refractivity contribution in [1.82, 2.24) is 28.6 Å². The van der Waals surface area contributed by atoms with E-state index in [-0.39, 0.29) is 42.8 Å². The van der Waals surface area contributed by atoms with Gasteiger partial charge in [-0.1, -0.05) is 48.5 Å². The molecular weight excluding hydrogens is 837 g/mol. The first-order chi connectivity index (χ1) is 29.7. The molecule has 0 aliphatic carbocycles. The van der Waals surface area contributed by atoms with Crippen molar-refractivity contribution in [3.63, 3.8) is 0 Å². The minimum absolute atomic E-state index is 0.0597. The number of aromatic nitrogens is 4. The molecule has 2 aromatic heterocycles. The summed E-state index contributed by atoms with van der Waals surface area (Å²) in [6.45, 7) is 5.65. The zero-order valence-corrected chi connectivity index (χ0v) is 37.3. The maximum absolute atomic E-state index is 13.4. The van der Waals surface area contributed by atoms with E-state index in [1.54, 1.807) is 65.8 Å². The molecule has 0 radical (unpaired) electrons. The predicted molar refractivity (Wildman–Crippen MR) is 233 cm³/mol. The number of benzene rings is 4.